The molecule has 1 atom stereocenters. The molecule has 1 amide bonds. The molecule has 3 rings (SSSR count). The molecule has 0 unspecified atom stereocenters. The zero-order valence-electron chi connectivity index (χ0n) is 20.6. The smallest absolute Gasteiger partial charge is 0.436 e. The Kier molecular flexibility index (Phi) is 7.52. The second-order valence-electron chi connectivity index (χ2n) is 9.95. The number of nitrogens with zero attached hydrogens (tertiary/aromatic N) is 1. The van der Waals surface area contributed by atoms with Gasteiger partial charge in [-0.25, -0.2) is 26.4 Å². The monoisotopic (exact) mass is 591 g/mol. The molecule has 15 heteroatoms. The van der Waals surface area contributed by atoms with Crippen LogP contribution in [0.2, 0.25) is 0 Å². The minimum atomic E-state index is -6.60. The van der Waals surface area contributed by atoms with Crippen LogP contribution in [0.3, 0.4) is 0 Å². The predicted octanol–water partition coefficient (Wildman–Crippen LogP) is 6.56. The lowest BCUT2D eigenvalue weighted by Gasteiger charge is -2.33. The first-order valence-corrected chi connectivity index (χ1v) is 12.7. The molecule has 1 heterocycles. The first-order chi connectivity index (χ1) is 17.6. The molecule has 0 bridgehead atoms. The third-order valence-electron chi connectivity index (χ3n) is 6.17. The summed E-state index contributed by atoms with van der Waals surface area (Å²) < 4.78 is 153. The first kappa shape index (κ1) is 30.6. The second-order valence-corrected chi connectivity index (χ2v) is 12.2. The fourth-order valence-corrected chi connectivity index (χ4v) is 6.33. The maximum atomic E-state index is 15.0. The van der Waals surface area contributed by atoms with E-state index in [0.717, 1.165) is 29.2 Å². The van der Waals surface area contributed by atoms with Crippen LogP contribution in [0, 0.1) is 11.6 Å². The van der Waals surface area contributed by atoms with Crippen LogP contribution in [-0.4, -0.2) is 50.5 Å². The summed E-state index contributed by atoms with van der Waals surface area (Å²) in [7, 11) is -4.72. The van der Waals surface area contributed by atoms with Gasteiger partial charge in [0.25, 0.3) is 0 Å². The van der Waals surface area contributed by atoms with E-state index in [1.54, 1.807) is 0 Å². The van der Waals surface area contributed by atoms with Gasteiger partial charge in [0.15, 0.2) is 9.84 Å². The van der Waals surface area contributed by atoms with Gasteiger partial charge in [-0.15, -0.1) is 0 Å². The Morgan fingerprint density at radius 1 is 0.897 bits per heavy atom. The van der Waals surface area contributed by atoms with Gasteiger partial charge >= 0.3 is 24.1 Å². The minimum Gasteiger partial charge on any atom is -0.444 e. The van der Waals surface area contributed by atoms with Crippen LogP contribution >= 0.6 is 0 Å². The molecule has 0 aromatic heterocycles. The van der Waals surface area contributed by atoms with Crippen molar-refractivity contribution in [3.05, 3.63) is 65.2 Å². The van der Waals surface area contributed by atoms with Crippen molar-refractivity contribution in [1.29, 1.82) is 0 Å². The molecule has 216 valence electrons. The van der Waals surface area contributed by atoms with Crippen molar-refractivity contribution in [3.8, 4) is 0 Å². The average Bonchev–Trinajstić information content (AvgIpc) is 3.24. The number of carbonyl (C=O) groups excluding carboxylic acids is 1. The van der Waals surface area contributed by atoms with Crippen LogP contribution in [0.5, 0.6) is 0 Å². The van der Waals surface area contributed by atoms with Crippen LogP contribution in [0.25, 0.3) is 0 Å². The van der Waals surface area contributed by atoms with E-state index >= 15 is 0 Å². The van der Waals surface area contributed by atoms with Gasteiger partial charge in [-0.3, -0.25) is 0 Å². The molecular weight excluding hydrogens is 569 g/mol. The average molecular weight is 591 g/mol. The molecule has 0 saturated carbocycles. The molecule has 1 fully saturated rings. The molecule has 0 radical (unpaired) electrons. The molecular formula is C24H22F9NO4S. The summed E-state index contributed by atoms with van der Waals surface area (Å²) in [6, 6.07) is 3.67. The molecule has 1 aliphatic heterocycles. The number of ether oxygens (including phenoxy) is 1. The summed E-state index contributed by atoms with van der Waals surface area (Å²) in [5.41, 5.74) is -10.2. The summed E-state index contributed by atoms with van der Waals surface area (Å²) in [6.45, 7) is 3.48. The molecule has 1 saturated heterocycles. The van der Waals surface area contributed by atoms with Crippen LogP contribution in [0.15, 0.2) is 47.4 Å². The van der Waals surface area contributed by atoms with E-state index < -0.39 is 84.9 Å². The maximum absolute atomic E-state index is 15.0. The number of carbonyl (C=O) groups is 1. The lowest BCUT2D eigenvalue weighted by atomic mass is 9.89. The quantitative estimate of drug-likeness (QED) is 0.298. The van der Waals surface area contributed by atoms with Gasteiger partial charge in [0.2, 0.25) is 0 Å². The Morgan fingerprint density at radius 2 is 1.44 bits per heavy atom. The van der Waals surface area contributed by atoms with Crippen molar-refractivity contribution < 1.29 is 57.5 Å². The Labute approximate surface area is 217 Å². The summed E-state index contributed by atoms with van der Waals surface area (Å²) in [5.74, 6) is -3.13. The van der Waals surface area contributed by atoms with Crippen molar-refractivity contribution in [1.82, 2.24) is 4.90 Å². The van der Waals surface area contributed by atoms with Crippen molar-refractivity contribution in [2.45, 2.75) is 60.5 Å². The number of hydrogen-bond donors (Lipinski definition) is 0. The summed E-state index contributed by atoms with van der Waals surface area (Å²) >= 11 is 0. The number of likely N-dealkylation sites (tertiary alicyclic amines) is 1. The van der Waals surface area contributed by atoms with Gasteiger partial charge in [-0.05, 0) is 63.1 Å². The number of amides is 1. The van der Waals surface area contributed by atoms with Gasteiger partial charge in [-0.1, -0.05) is 12.1 Å². The number of halogens is 9. The molecule has 2 aromatic rings. The van der Waals surface area contributed by atoms with Gasteiger partial charge < -0.3 is 9.64 Å². The van der Waals surface area contributed by atoms with Crippen LogP contribution in [0.1, 0.15) is 38.3 Å². The molecule has 1 aliphatic rings. The van der Waals surface area contributed by atoms with Gasteiger partial charge in [-0.2, -0.15) is 26.3 Å². The largest absolute Gasteiger partial charge is 0.444 e. The Hall–Kier alpha value is -2.97. The fraction of sp³-hybridized carbons (Fsp3) is 0.458. The molecule has 0 aliphatic carbocycles. The number of alkyl halides is 7. The second kappa shape index (κ2) is 9.59. The third-order valence-corrected chi connectivity index (χ3v) is 8.66. The van der Waals surface area contributed by atoms with Crippen molar-refractivity contribution >= 4 is 15.9 Å². The number of benzene rings is 2. The Bertz CT molecular complexity index is 1340. The standard InChI is InChI=1S/C24H22F9NO4S/c1-20(2,3)38-19(35)34-11-10-21(13-34,39(36,37)16-7-5-15(25)6-8-16)14-4-9-17(18(26)12-14)22(27,23(28,29)30)24(31,32)33/h4-9,12H,10-11,13H2,1-3H3/t21-/m0/s1. The van der Waals surface area contributed by atoms with Crippen LogP contribution < -0.4 is 0 Å². The minimum absolute atomic E-state index is 0.0702. The van der Waals surface area contributed by atoms with Gasteiger partial charge in [0.05, 0.1) is 4.90 Å². The van der Waals surface area contributed by atoms with Gasteiger partial charge in [0, 0.05) is 18.7 Å². The molecule has 2 aromatic carbocycles. The molecule has 0 N–H and O–H groups in total. The van der Waals surface area contributed by atoms with Crippen molar-refractivity contribution in [2.75, 3.05) is 13.1 Å². The highest BCUT2D eigenvalue weighted by Crippen LogP contribution is 2.54. The normalized spacial score (nSPS) is 19.3. The molecule has 5 nitrogen and oxygen atoms in total. The first-order valence-electron chi connectivity index (χ1n) is 11.2. The van der Waals surface area contributed by atoms with Crippen molar-refractivity contribution in [3.63, 3.8) is 0 Å². The van der Waals surface area contributed by atoms with Crippen molar-refractivity contribution in [2.24, 2.45) is 0 Å². The highest BCUT2D eigenvalue weighted by molar-refractivity contribution is 7.92. The number of rotatable bonds is 4. The van der Waals surface area contributed by atoms with E-state index in [9.17, 15) is 52.7 Å². The van der Waals surface area contributed by atoms with Crippen LogP contribution in [-0.2, 0) is 25.0 Å². The molecule has 39 heavy (non-hydrogen) atoms. The maximum Gasteiger partial charge on any atom is 0.436 e. The lowest BCUT2D eigenvalue weighted by Crippen LogP contribution is -2.51. The van der Waals surface area contributed by atoms with E-state index in [2.05, 4.69) is 0 Å². The zero-order chi connectivity index (χ0) is 29.8. The Balaban J connectivity index is 2.22. The van der Waals surface area contributed by atoms with E-state index in [-0.39, 0.29) is 18.7 Å². The summed E-state index contributed by atoms with van der Waals surface area (Å²) in [4.78, 5) is 13.0. The van der Waals surface area contributed by atoms with E-state index in [1.165, 1.54) is 20.8 Å². The zero-order valence-corrected chi connectivity index (χ0v) is 21.4. The van der Waals surface area contributed by atoms with Crippen LogP contribution in [0.4, 0.5) is 44.3 Å². The third kappa shape index (κ3) is 5.29. The van der Waals surface area contributed by atoms with Gasteiger partial charge in [0.1, 0.15) is 22.0 Å². The predicted molar refractivity (Wildman–Crippen MR) is 119 cm³/mol. The number of hydrogen-bond acceptors (Lipinski definition) is 4. The molecule has 0 spiro atoms. The topological polar surface area (TPSA) is 63.7 Å². The lowest BCUT2D eigenvalue weighted by molar-refractivity contribution is -0.349. The van der Waals surface area contributed by atoms with E-state index in [0.29, 0.717) is 6.07 Å². The van der Waals surface area contributed by atoms with E-state index in [4.69, 9.17) is 4.74 Å². The van der Waals surface area contributed by atoms with E-state index in [1.807, 2.05) is 0 Å². The SMILES string of the molecule is CC(C)(C)OC(=O)N1CC[C@](c2ccc(C(F)(C(F)(F)F)C(F)(F)F)c(F)c2)(S(=O)(=O)c2ccc(F)cc2)C1. The summed E-state index contributed by atoms with van der Waals surface area (Å²) in [6.07, 6.45) is -14.7. The number of sulfone groups is 1. The summed E-state index contributed by atoms with van der Waals surface area (Å²) in [5, 5.41) is 0. The Morgan fingerprint density at radius 3 is 1.90 bits per heavy atom. The highest BCUT2D eigenvalue weighted by atomic mass is 32.2. The fourth-order valence-electron chi connectivity index (χ4n) is 4.26. The highest BCUT2D eigenvalue weighted by Gasteiger charge is 2.74.